The lowest BCUT2D eigenvalue weighted by Crippen LogP contribution is -2.23. The molecule has 0 fully saturated rings. The van der Waals surface area contributed by atoms with E-state index in [4.69, 9.17) is 5.73 Å². The summed E-state index contributed by atoms with van der Waals surface area (Å²) >= 11 is 0. The molecule has 1 aromatic heterocycles. The third-order valence-corrected chi connectivity index (χ3v) is 4.38. The number of hydrogen-bond donors (Lipinski definition) is 3. The van der Waals surface area contributed by atoms with Gasteiger partial charge in [-0.15, -0.1) is 0 Å². The van der Waals surface area contributed by atoms with Gasteiger partial charge in [-0.05, 0) is 0 Å². The molecule has 0 amide bonds. The SMILES string of the molecule is CS(=O)(=O)CCS(=O)(=O)Nc1[nH]ncc1CN. The summed E-state index contributed by atoms with van der Waals surface area (Å²) in [5, 5.41) is 6.08. The molecule has 0 radical (unpaired) electrons. The second-order valence-corrected chi connectivity index (χ2v) is 7.63. The van der Waals surface area contributed by atoms with E-state index in [1.54, 1.807) is 0 Å². The Kier molecular flexibility index (Phi) is 4.11. The molecule has 4 N–H and O–H groups in total. The highest BCUT2D eigenvalue weighted by Gasteiger charge is 2.16. The third-order valence-electron chi connectivity index (χ3n) is 1.92. The molecule has 17 heavy (non-hydrogen) atoms. The summed E-state index contributed by atoms with van der Waals surface area (Å²) in [5.74, 6) is -0.774. The fraction of sp³-hybridized carbons (Fsp3) is 0.571. The van der Waals surface area contributed by atoms with Crippen molar-refractivity contribution in [2.45, 2.75) is 6.54 Å². The zero-order valence-corrected chi connectivity index (χ0v) is 10.8. The van der Waals surface area contributed by atoms with Gasteiger partial charge in [0.2, 0.25) is 10.0 Å². The summed E-state index contributed by atoms with van der Waals surface area (Å²) in [4.78, 5) is 0. The zero-order chi connectivity index (χ0) is 13.1. The summed E-state index contributed by atoms with van der Waals surface area (Å²) < 4.78 is 47.0. The summed E-state index contributed by atoms with van der Waals surface area (Å²) in [5.41, 5.74) is 5.87. The molecule has 0 spiro atoms. The molecule has 98 valence electrons. The second-order valence-electron chi connectivity index (χ2n) is 3.53. The van der Waals surface area contributed by atoms with E-state index in [9.17, 15) is 16.8 Å². The van der Waals surface area contributed by atoms with E-state index >= 15 is 0 Å². The van der Waals surface area contributed by atoms with Crippen molar-refractivity contribution in [3.8, 4) is 0 Å². The normalized spacial score (nSPS) is 12.6. The van der Waals surface area contributed by atoms with Gasteiger partial charge in [-0.3, -0.25) is 9.82 Å². The molecule has 0 atom stereocenters. The standard InChI is InChI=1S/C7H14N4O4S2/c1-16(12,13)2-3-17(14,15)11-7-6(4-8)5-9-10-7/h5H,2-4,8H2,1H3,(H2,9,10,11). The Bertz CT molecular complexity index is 575. The Morgan fingerprint density at radius 3 is 2.53 bits per heavy atom. The molecule has 0 aliphatic heterocycles. The number of anilines is 1. The van der Waals surface area contributed by atoms with Crippen molar-refractivity contribution >= 4 is 25.7 Å². The first kappa shape index (κ1) is 13.9. The number of nitrogens with two attached hydrogens (primary N) is 1. The van der Waals surface area contributed by atoms with Crippen LogP contribution in [0.2, 0.25) is 0 Å². The minimum Gasteiger partial charge on any atom is -0.326 e. The molecule has 0 saturated carbocycles. The number of sulfone groups is 1. The Morgan fingerprint density at radius 2 is 2.00 bits per heavy atom. The number of sulfonamides is 1. The number of aromatic amines is 1. The molecule has 0 aromatic carbocycles. The smallest absolute Gasteiger partial charge is 0.234 e. The first-order valence-corrected chi connectivity index (χ1v) is 8.35. The van der Waals surface area contributed by atoms with Gasteiger partial charge in [0.25, 0.3) is 0 Å². The van der Waals surface area contributed by atoms with Crippen LogP contribution in [0.25, 0.3) is 0 Å². The summed E-state index contributed by atoms with van der Waals surface area (Å²) in [6, 6.07) is 0. The van der Waals surface area contributed by atoms with Gasteiger partial charge in [0.1, 0.15) is 15.7 Å². The summed E-state index contributed by atoms with van der Waals surface area (Å²) in [7, 11) is -7.05. The van der Waals surface area contributed by atoms with E-state index in [0.29, 0.717) is 5.56 Å². The lowest BCUT2D eigenvalue weighted by atomic mass is 10.3. The van der Waals surface area contributed by atoms with Crippen molar-refractivity contribution in [2.75, 3.05) is 22.5 Å². The van der Waals surface area contributed by atoms with Gasteiger partial charge >= 0.3 is 0 Å². The van der Waals surface area contributed by atoms with Crippen LogP contribution in [0.3, 0.4) is 0 Å². The highest BCUT2D eigenvalue weighted by atomic mass is 32.2. The molecular weight excluding hydrogens is 268 g/mol. The molecule has 0 unspecified atom stereocenters. The van der Waals surface area contributed by atoms with Crippen molar-refractivity contribution in [3.05, 3.63) is 11.8 Å². The minimum atomic E-state index is -3.73. The molecule has 1 heterocycles. The Hall–Kier alpha value is -1.13. The molecule has 0 aliphatic carbocycles. The molecule has 0 saturated heterocycles. The first-order valence-electron chi connectivity index (χ1n) is 4.64. The number of hydrogen-bond acceptors (Lipinski definition) is 6. The second kappa shape index (κ2) is 5.02. The number of aromatic nitrogens is 2. The van der Waals surface area contributed by atoms with Crippen LogP contribution < -0.4 is 10.5 Å². The first-order chi connectivity index (χ1) is 7.73. The zero-order valence-electron chi connectivity index (χ0n) is 9.17. The molecule has 1 rings (SSSR count). The van der Waals surface area contributed by atoms with Crippen molar-refractivity contribution in [1.29, 1.82) is 0 Å². The van der Waals surface area contributed by atoms with Crippen LogP contribution in [-0.4, -0.2) is 44.8 Å². The van der Waals surface area contributed by atoms with Crippen LogP contribution in [0.4, 0.5) is 5.82 Å². The van der Waals surface area contributed by atoms with Gasteiger partial charge in [-0.25, -0.2) is 16.8 Å². The van der Waals surface area contributed by atoms with E-state index in [1.165, 1.54) is 6.20 Å². The fourth-order valence-electron chi connectivity index (χ4n) is 1.02. The highest BCUT2D eigenvalue weighted by Crippen LogP contribution is 2.11. The van der Waals surface area contributed by atoms with Gasteiger partial charge in [-0.1, -0.05) is 0 Å². The maximum Gasteiger partial charge on any atom is 0.234 e. The largest absolute Gasteiger partial charge is 0.326 e. The van der Waals surface area contributed by atoms with E-state index in [1.807, 2.05) is 0 Å². The van der Waals surface area contributed by atoms with Crippen LogP contribution in [0.1, 0.15) is 5.56 Å². The highest BCUT2D eigenvalue weighted by molar-refractivity contribution is 7.95. The maximum absolute atomic E-state index is 11.5. The lowest BCUT2D eigenvalue weighted by molar-refractivity contribution is 0.593. The quantitative estimate of drug-likeness (QED) is 0.590. The topological polar surface area (TPSA) is 135 Å². The number of H-pyrrole nitrogens is 1. The van der Waals surface area contributed by atoms with Crippen molar-refractivity contribution in [1.82, 2.24) is 10.2 Å². The van der Waals surface area contributed by atoms with Gasteiger partial charge < -0.3 is 5.73 Å². The molecular formula is C7H14N4O4S2. The van der Waals surface area contributed by atoms with E-state index in [2.05, 4.69) is 14.9 Å². The average molecular weight is 282 g/mol. The maximum atomic E-state index is 11.5. The van der Waals surface area contributed by atoms with Crippen LogP contribution in [0.5, 0.6) is 0 Å². The molecule has 10 heteroatoms. The summed E-state index contributed by atoms with van der Waals surface area (Å²) in [6.07, 6.45) is 2.37. The Balaban J connectivity index is 2.74. The monoisotopic (exact) mass is 282 g/mol. The Morgan fingerprint density at radius 1 is 1.35 bits per heavy atom. The Labute approximate surface area is 99.6 Å². The fourth-order valence-corrected chi connectivity index (χ4v) is 3.70. The van der Waals surface area contributed by atoms with Crippen LogP contribution in [0, 0.1) is 0 Å². The predicted octanol–water partition coefficient (Wildman–Crippen LogP) is -1.35. The molecule has 1 aromatic rings. The molecule has 0 aliphatic rings. The van der Waals surface area contributed by atoms with Crippen LogP contribution >= 0.6 is 0 Å². The minimum absolute atomic E-state index is 0.125. The third kappa shape index (κ3) is 4.71. The van der Waals surface area contributed by atoms with Crippen LogP contribution in [0.15, 0.2) is 6.20 Å². The number of nitrogens with one attached hydrogen (secondary N) is 2. The average Bonchev–Trinajstić information content (AvgIpc) is 2.61. The summed E-state index contributed by atoms with van der Waals surface area (Å²) in [6.45, 7) is 0.125. The lowest BCUT2D eigenvalue weighted by Gasteiger charge is -2.06. The molecule has 0 bridgehead atoms. The van der Waals surface area contributed by atoms with Gasteiger partial charge in [0.05, 0.1) is 17.7 Å². The van der Waals surface area contributed by atoms with Gasteiger partial charge in [0.15, 0.2) is 0 Å². The van der Waals surface area contributed by atoms with E-state index < -0.39 is 31.4 Å². The van der Waals surface area contributed by atoms with Crippen LogP contribution in [-0.2, 0) is 26.4 Å². The van der Waals surface area contributed by atoms with Crippen molar-refractivity contribution in [3.63, 3.8) is 0 Å². The van der Waals surface area contributed by atoms with Gasteiger partial charge in [-0.2, -0.15) is 5.10 Å². The van der Waals surface area contributed by atoms with Crippen molar-refractivity contribution < 1.29 is 16.8 Å². The number of rotatable bonds is 6. The predicted molar refractivity (Wildman–Crippen MR) is 63.6 cm³/mol. The van der Waals surface area contributed by atoms with Gasteiger partial charge in [0, 0.05) is 18.4 Å². The van der Waals surface area contributed by atoms with E-state index in [-0.39, 0.29) is 12.4 Å². The van der Waals surface area contributed by atoms with E-state index in [0.717, 1.165) is 6.26 Å². The molecule has 8 nitrogen and oxygen atoms in total. The van der Waals surface area contributed by atoms with Crippen molar-refractivity contribution in [2.24, 2.45) is 5.73 Å². The number of nitrogens with zero attached hydrogens (tertiary/aromatic N) is 1.